The third kappa shape index (κ3) is 4.75. The van der Waals surface area contributed by atoms with Crippen LogP contribution in [0.25, 0.3) is 0 Å². The molecule has 1 amide bonds. The van der Waals surface area contributed by atoms with Gasteiger partial charge in [0.25, 0.3) is 5.91 Å². The number of aryl methyl sites for hydroxylation is 2. The van der Waals surface area contributed by atoms with Crippen molar-refractivity contribution >= 4 is 17.5 Å². The maximum Gasteiger partial charge on any atom is 0.261 e. The van der Waals surface area contributed by atoms with Crippen molar-refractivity contribution in [1.29, 1.82) is 0 Å². The van der Waals surface area contributed by atoms with Gasteiger partial charge in [-0.3, -0.25) is 4.79 Å². The lowest BCUT2D eigenvalue weighted by atomic mass is 9.97. The molecular formula is C20H24ClNO2. The molecule has 24 heavy (non-hydrogen) atoms. The monoisotopic (exact) mass is 345 g/mol. The van der Waals surface area contributed by atoms with Crippen LogP contribution in [0, 0.1) is 13.8 Å². The van der Waals surface area contributed by atoms with Gasteiger partial charge in [0.2, 0.25) is 0 Å². The van der Waals surface area contributed by atoms with Crippen LogP contribution in [0.2, 0.25) is 5.02 Å². The lowest BCUT2D eigenvalue weighted by molar-refractivity contribution is -0.128. The highest BCUT2D eigenvalue weighted by molar-refractivity contribution is 6.30. The number of halogens is 1. The molecular weight excluding hydrogens is 322 g/mol. The molecule has 0 aliphatic heterocycles. The Balaban J connectivity index is 2.04. The molecule has 0 aromatic heterocycles. The molecule has 3 nitrogen and oxygen atoms in total. The van der Waals surface area contributed by atoms with Crippen molar-refractivity contribution in [3.63, 3.8) is 0 Å². The molecule has 0 aliphatic carbocycles. The Morgan fingerprint density at radius 1 is 1.17 bits per heavy atom. The summed E-state index contributed by atoms with van der Waals surface area (Å²) < 4.78 is 5.69. The van der Waals surface area contributed by atoms with Crippen LogP contribution in [0.1, 0.15) is 43.0 Å². The zero-order chi connectivity index (χ0) is 17.7. The first-order valence-corrected chi connectivity index (χ1v) is 8.58. The van der Waals surface area contributed by atoms with Crippen LogP contribution in [-0.2, 0) is 4.79 Å². The molecule has 0 aliphatic rings. The summed E-state index contributed by atoms with van der Waals surface area (Å²) >= 11 is 5.86. The molecule has 2 rings (SSSR count). The van der Waals surface area contributed by atoms with Gasteiger partial charge in [0.15, 0.2) is 6.10 Å². The molecule has 0 fully saturated rings. The second-order valence-electron chi connectivity index (χ2n) is 6.04. The zero-order valence-electron chi connectivity index (χ0n) is 14.6. The number of rotatable bonds is 6. The first-order chi connectivity index (χ1) is 11.4. The summed E-state index contributed by atoms with van der Waals surface area (Å²) in [5.74, 6) is 0.499. The average molecular weight is 346 g/mol. The Morgan fingerprint density at radius 2 is 1.83 bits per heavy atom. The number of nitrogens with one attached hydrogen (secondary N) is 1. The summed E-state index contributed by atoms with van der Waals surface area (Å²) in [4.78, 5) is 12.5. The molecule has 0 saturated heterocycles. The summed E-state index contributed by atoms with van der Waals surface area (Å²) in [6, 6.07) is 13.3. The molecule has 0 spiro atoms. The van der Waals surface area contributed by atoms with Crippen molar-refractivity contribution in [3.05, 3.63) is 64.2 Å². The molecule has 0 unspecified atom stereocenters. The van der Waals surface area contributed by atoms with Crippen LogP contribution >= 0.6 is 11.6 Å². The first kappa shape index (κ1) is 18.3. The van der Waals surface area contributed by atoms with E-state index in [-0.39, 0.29) is 11.9 Å². The highest BCUT2D eigenvalue weighted by Gasteiger charge is 2.20. The SMILES string of the molecule is CC[C@H](NC(=O)[C@@H](C)Oc1ccc(Cl)cc1)c1ccc(C)cc1C. The van der Waals surface area contributed by atoms with Gasteiger partial charge in [-0.05, 0) is 62.6 Å². The highest BCUT2D eigenvalue weighted by Crippen LogP contribution is 2.22. The number of benzene rings is 2. The summed E-state index contributed by atoms with van der Waals surface area (Å²) in [5, 5.41) is 3.72. The van der Waals surface area contributed by atoms with E-state index in [4.69, 9.17) is 16.3 Å². The van der Waals surface area contributed by atoms with Gasteiger partial charge in [-0.25, -0.2) is 0 Å². The Bertz CT molecular complexity index is 697. The minimum Gasteiger partial charge on any atom is -0.481 e. The van der Waals surface area contributed by atoms with E-state index < -0.39 is 6.10 Å². The minimum absolute atomic E-state index is 0.0191. The Morgan fingerprint density at radius 3 is 2.42 bits per heavy atom. The second kappa shape index (κ2) is 8.20. The molecule has 0 radical (unpaired) electrons. The van der Waals surface area contributed by atoms with Crippen molar-refractivity contribution in [3.8, 4) is 5.75 Å². The maximum absolute atomic E-state index is 12.5. The van der Waals surface area contributed by atoms with E-state index in [1.54, 1.807) is 31.2 Å². The summed E-state index contributed by atoms with van der Waals surface area (Å²) in [5.41, 5.74) is 3.56. The van der Waals surface area contributed by atoms with Crippen molar-refractivity contribution in [1.82, 2.24) is 5.32 Å². The molecule has 2 atom stereocenters. The lowest BCUT2D eigenvalue weighted by Crippen LogP contribution is -2.38. The van der Waals surface area contributed by atoms with Gasteiger partial charge in [-0.15, -0.1) is 0 Å². The number of carbonyl (C=O) groups excluding carboxylic acids is 1. The van der Waals surface area contributed by atoms with Crippen LogP contribution in [0.4, 0.5) is 0 Å². The molecule has 0 bridgehead atoms. The van der Waals surface area contributed by atoms with Crippen LogP contribution in [0.5, 0.6) is 5.75 Å². The van der Waals surface area contributed by atoms with Crippen molar-refractivity contribution in [2.45, 2.75) is 46.3 Å². The van der Waals surface area contributed by atoms with Crippen molar-refractivity contribution in [2.75, 3.05) is 0 Å². The van der Waals surface area contributed by atoms with Gasteiger partial charge in [0.1, 0.15) is 5.75 Å². The number of amides is 1. The third-order valence-corrected chi connectivity index (χ3v) is 4.27. The second-order valence-corrected chi connectivity index (χ2v) is 6.48. The normalized spacial score (nSPS) is 13.2. The number of ether oxygens (including phenoxy) is 1. The van der Waals surface area contributed by atoms with E-state index in [1.165, 1.54) is 11.1 Å². The average Bonchev–Trinajstić information content (AvgIpc) is 2.55. The fourth-order valence-electron chi connectivity index (χ4n) is 2.68. The Kier molecular flexibility index (Phi) is 6.27. The Labute approximate surface area is 149 Å². The van der Waals surface area contributed by atoms with Crippen LogP contribution in [0.3, 0.4) is 0 Å². The van der Waals surface area contributed by atoms with E-state index in [9.17, 15) is 4.79 Å². The summed E-state index contributed by atoms with van der Waals surface area (Å²) in [7, 11) is 0. The van der Waals surface area contributed by atoms with Gasteiger partial charge >= 0.3 is 0 Å². The smallest absolute Gasteiger partial charge is 0.261 e. The van der Waals surface area contributed by atoms with Crippen molar-refractivity contribution in [2.24, 2.45) is 0 Å². The highest BCUT2D eigenvalue weighted by atomic mass is 35.5. The van der Waals surface area contributed by atoms with E-state index in [0.29, 0.717) is 10.8 Å². The fraction of sp³-hybridized carbons (Fsp3) is 0.350. The van der Waals surface area contributed by atoms with Gasteiger partial charge in [-0.2, -0.15) is 0 Å². The molecule has 2 aromatic carbocycles. The molecule has 1 N–H and O–H groups in total. The van der Waals surface area contributed by atoms with Gasteiger partial charge in [0.05, 0.1) is 6.04 Å². The maximum atomic E-state index is 12.5. The number of hydrogen-bond acceptors (Lipinski definition) is 2. The molecule has 0 heterocycles. The quantitative estimate of drug-likeness (QED) is 0.800. The Hall–Kier alpha value is -2.00. The summed E-state index contributed by atoms with van der Waals surface area (Å²) in [6.07, 6.45) is 0.245. The predicted molar refractivity (Wildman–Crippen MR) is 98.6 cm³/mol. The first-order valence-electron chi connectivity index (χ1n) is 8.20. The largest absolute Gasteiger partial charge is 0.481 e. The van der Waals surface area contributed by atoms with Crippen LogP contribution < -0.4 is 10.1 Å². The topological polar surface area (TPSA) is 38.3 Å². The molecule has 0 saturated carbocycles. The molecule has 4 heteroatoms. The molecule has 2 aromatic rings. The number of carbonyl (C=O) groups is 1. The third-order valence-electron chi connectivity index (χ3n) is 4.02. The van der Waals surface area contributed by atoms with Crippen LogP contribution in [-0.4, -0.2) is 12.0 Å². The van der Waals surface area contributed by atoms with E-state index in [0.717, 1.165) is 12.0 Å². The van der Waals surface area contributed by atoms with Gasteiger partial charge < -0.3 is 10.1 Å². The van der Waals surface area contributed by atoms with E-state index in [1.807, 2.05) is 0 Å². The predicted octanol–water partition coefficient (Wildman–Crippen LogP) is 4.99. The number of hydrogen-bond donors (Lipinski definition) is 1. The fourth-order valence-corrected chi connectivity index (χ4v) is 2.80. The zero-order valence-corrected chi connectivity index (χ0v) is 15.4. The van der Waals surface area contributed by atoms with Crippen molar-refractivity contribution < 1.29 is 9.53 Å². The summed E-state index contributed by atoms with van der Waals surface area (Å²) in [6.45, 7) is 7.96. The van der Waals surface area contributed by atoms with E-state index in [2.05, 4.69) is 44.3 Å². The minimum atomic E-state index is -0.578. The van der Waals surface area contributed by atoms with E-state index >= 15 is 0 Å². The standard InChI is InChI=1S/C20H24ClNO2/c1-5-19(18-11-6-13(2)12-14(18)3)22-20(23)15(4)24-17-9-7-16(21)8-10-17/h6-12,15,19H,5H2,1-4H3,(H,22,23)/t15-,19+/m1/s1. The van der Waals surface area contributed by atoms with Gasteiger partial charge in [-0.1, -0.05) is 42.3 Å². The van der Waals surface area contributed by atoms with Crippen LogP contribution in [0.15, 0.2) is 42.5 Å². The lowest BCUT2D eigenvalue weighted by Gasteiger charge is -2.22. The molecule has 128 valence electrons. The van der Waals surface area contributed by atoms with Gasteiger partial charge in [0, 0.05) is 5.02 Å².